The van der Waals surface area contributed by atoms with Crippen molar-refractivity contribution in [3.05, 3.63) is 36.7 Å². The molecule has 5 heteroatoms. The highest BCUT2D eigenvalue weighted by atomic mass is 16.5. The number of ether oxygens (including phenoxy) is 2. The molecule has 2 rings (SSSR count). The maximum Gasteiger partial charge on any atom is 0.239 e. The number of nitrogens with one attached hydrogen (secondary N) is 1. The second-order valence-electron chi connectivity index (χ2n) is 3.55. The molecule has 2 aromatic rings. The predicted octanol–water partition coefficient (Wildman–Crippen LogP) is 2.71. The molecule has 0 aliphatic rings. The first kappa shape index (κ1) is 12.2. The predicted molar refractivity (Wildman–Crippen MR) is 69.3 cm³/mol. The SMILES string of the molecule is CCNc1cncc(Oc2cccc(OC)c2)n1. The van der Waals surface area contributed by atoms with Gasteiger partial charge >= 0.3 is 0 Å². The van der Waals surface area contributed by atoms with Gasteiger partial charge in [-0.1, -0.05) is 6.07 Å². The minimum absolute atomic E-state index is 0.446. The summed E-state index contributed by atoms with van der Waals surface area (Å²) in [5.74, 6) is 2.54. The zero-order valence-electron chi connectivity index (χ0n) is 10.4. The van der Waals surface area contributed by atoms with Crippen LogP contribution < -0.4 is 14.8 Å². The van der Waals surface area contributed by atoms with E-state index in [2.05, 4.69) is 15.3 Å². The van der Waals surface area contributed by atoms with Crippen LogP contribution in [0.25, 0.3) is 0 Å². The Balaban J connectivity index is 2.14. The molecule has 5 nitrogen and oxygen atoms in total. The van der Waals surface area contributed by atoms with Crippen LogP contribution in [0.15, 0.2) is 36.7 Å². The Morgan fingerprint density at radius 1 is 1.22 bits per heavy atom. The van der Waals surface area contributed by atoms with Gasteiger partial charge in [0.2, 0.25) is 5.88 Å². The molecular formula is C13H15N3O2. The monoisotopic (exact) mass is 245 g/mol. The van der Waals surface area contributed by atoms with Crippen molar-refractivity contribution >= 4 is 5.82 Å². The Hall–Kier alpha value is -2.30. The molecule has 0 spiro atoms. The number of anilines is 1. The lowest BCUT2D eigenvalue weighted by Crippen LogP contribution is -2.00. The molecule has 0 bridgehead atoms. The maximum atomic E-state index is 5.61. The van der Waals surface area contributed by atoms with Crippen molar-refractivity contribution in [1.29, 1.82) is 0 Å². The van der Waals surface area contributed by atoms with Gasteiger partial charge in [-0.15, -0.1) is 0 Å². The molecule has 1 aromatic carbocycles. The van der Waals surface area contributed by atoms with Crippen molar-refractivity contribution in [3.63, 3.8) is 0 Å². The third-order valence-electron chi connectivity index (χ3n) is 2.23. The van der Waals surface area contributed by atoms with Gasteiger partial charge in [0.15, 0.2) is 0 Å². The average molecular weight is 245 g/mol. The highest BCUT2D eigenvalue weighted by Crippen LogP contribution is 2.23. The first-order chi connectivity index (χ1) is 8.81. The van der Waals surface area contributed by atoms with Crippen molar-refractivity contribution in [2.75, 3.05) is 19.0 Å². The van der Waals surface area contributed by atoms with Crippen LogP contribution in [0.5, 0.6) is 17.4 Å². The molecule has 1 aromatic heterocycles. The fourth-order valence-electron chi connectivity index (χ4n) is 1.45. The minimum Gasteiger partial charge on any atom is -0.497 e. The lowest BCUT2D eigenvalue weighted by molar-refractivity contribution is 0.407. The number of benzene rings is 1. The summed E-state index contributed by atoms with van der Waals surface area (Å²) < 4.78 is 10.7. The van der Waals surface area contributed by atoms with Crippen molar-refractivity contribution in [2.45, 2.75) is 6.92 Å². The third-order valence-corrected chi connectivity index (χ3v) is 2.23. The molecule has 0 atom stereocenters. The van der Waals surface area contributed by atoms with Gasteiger partial charge in [-0.05, 0) is 19.1 Å². The molecule has 0 saturated heterocycles. The fourth-order valence-corrected chi connectivity index (χ4v) is 1.45. The third kappa shape index (κ3) is 3.10. The molecule has 1 N–H and O–H groups in total. The quantitative estimate of drug-likeness (QED) is 0.877. The summed E-state index contributed by atoms with van der Waals surface area (Å²) in [6.45, 7) is 2.79. The smallest absolute Gasteiger partial charge is 0.239 e. The Labute approximate surface area is 106 Å². The van der Waals surface area contributed by atoms with E-state index in [0.717, 1.165) is 12.3 Å². The summed E-state index contributed by atoms with van der Waals surface area (Å²) in [7, 11) is 1.62. The highest BCUT2D eigenvalue weighted by Gasteiger charge is 2.02. The number of aromatic nitrogens is 2. The van der Waals surface area contributed by atoms with Gasteiger partial charge in [0.1, 0.15) is 17.3 Å². The Kier molecular flexibility index (Phi) is 3.96. The van der Waals surface area contributed by atoms with Gasteiger partial charge in [0.25, 0.3) is 0 Å². The Morgan fingerprint density at radius 3 is 2.83 bits per heavy atom. The number of rotatable bonds is 5. The summed E-state index contributed by atoms with van der Waals surface area (Å²) >= 11 is 0. The first-order valence-electron chi connectivity index (χ1n) is 5.69. The number of nitrogens with zero attached hydrogens (tertiary/aromatic N) is 2. The summed E-state index contributed by atoms with van der Waals surface area (Å²) in [6, 6.07) is 7.34. The van der Waals surface area contributed by atoms with E-state index < -0.39 is 0 Å². The van der Waals surface area contributed by atoms with Gasteiger partial charge in [-0.3, -0.25) is 4.98 Å². The van der Waals surface area contributed by atoms with Crippen LogP contribution in [0.4, 0.5) is 5.82 Å². The van der Waals surface area contributed by atoms with E-state index in [4.69, 9.17) is 9.47 Å². The lowest BCUT2D eigenvalue weighted by atomic mass is 10.3. The van der Waals surface area contributed by atoms with Crippen LogP contribution in [-0.4, -0.2) is 23.6 Å². The molecule has 0 fully saturated rings. The van der Waals surface area contributed by atoms with Gasteiger partial charge in [0.05, 0.1) is 19.5 Å². The first-order valence-corrected chi connectivity index (χ1v) is 5.69. The van der Waals surface area contributed by atoms with Crippen LogP contribution in [0.2, 0.25) is 0 Å². The van der Waals surface area contributed by atoms with Gasteiger partial charge in [-0.25, -0.2) is 0 Å². The van der Waals surface area contributed by atoms with E-state index in [1.807, 2.05) is 25.1 Å². The summed E-state index contributed by atoms with van der Waals surface area (Å²) in [5.41, 5.74) is 0. The van der Waals surface area contributed by atoms with Crippen LogP contribution in [0, 0.1) is 0 Å². The summed E-state index contributed by atoms with van der Waals surface area (Å²) in [5, 5.41) is 3.08. The normalized spacial score (nSPS) is 9.89. The largest absolute Gasteiger partial charge is 0.497 e. The topological polar surface area (TPSA) is 56.3 Å². The molecule has 18 heavy (non-hydrogen) atoms. The van der Waals surface area contributed by atoms with E-state index >= 15 is 0 Å². The fraction of sp³-hybridized carbons (Fsp3) is 0.231. The van der Waals surface area contributed by atoms with Crippen molar-refractivity contribution in [3.8, 4) is 17.4 Å². The van der Waals surface area contributed by atoms with Crippen LogP contribution in [-0.2, 0) is 0 Å². The number of methoxy groups -OCH3 is 1. The average Bonchev–Trinajstić information content (AvgIpc) is 2.40. The minimum atomic E-state index is 0.446. The molecule has 94 valence electrons. The molecular weight excluding hydrogens is 230 g/mol. The zero-order valence-corrected chi connectivity index (χ0v) is 10.4. The van der Waals surface area contributed by atoms with E-state index in [0.29, 0.717) is 17.4 Å². The van der Waals surface area contributed by atoms with Gasteiger partial charge in [0, 0.05) is 12.6 Å². The van der Waals surface area contributed by atoms with E-state index in [-0.39, 0.29) is 0 Å². The number of hydrogen-bond donors (Lipinski definition) is 1. The van der Waals surface area contributed by atoms with Crippen molar-refractivity contribution < 1.29 is 9.47 Å². The van der Waals surface area contributed by atoms with Crippen LogP contribution in [0.3, 0.4) is 0 Å². The van der Waals surface area contributed by atoms with Crippen molar-refractivity contribution in [1.82, 2.24) is 9.97 Å². The standard InChI is InChI=1S/C13H15N3O2/c1-3-15-12-8-14-9-13(16-12)18-11-6-4-5-10(7-11)17-2/h4-9H,3H2,1-2H3,(H,15,16). The molecule has 0 saturated carbocycles. The molecule has 0 aliphatic heterocycles. The van der Waals surface area contributed by atoms with Crippen LogP contribution >= 0.6 is 0 Å². The zero-order chi connectivity index (χ0) is 12.8. The van der Waals surface area contributed by atoms with Gasteiger partial charge in [-0.2, -0.15) is 4.98 Å². The second-order valence-corrected chi connectivity index (χ2v) is 3.55. The Morgan fingerprint density at radius 2 is 2.06 bits per heavy atom. The molecule has 0 radical (unpaired) electrons. The van der Waals surface area contributed by atoms with E-state index in [1.54, 1.807) is 25.6 Å². The lowest BCUT2D eigenvalue weighted by Gasteiger charge is -2.07. The summed E-state index contributed by atoms with van der Waals surface area (Å²) in [6.07, 6.45) is 3.22. The van der Waals surface area contributed by atoms with E-state index in [1.165, 1.54) is 0 Å². The second kappa shape index (κ2) is 5.86. The van der Waals surface area contributed by atoms with Gasteiger partial charge < -0.3 is 14.8 Å². The van der Waals surface area contributed by atoms with E-state index in [9.17, 15) is 0 Å². The molecule has 0 unspecified atom stereocenters. The van der Waals surface area contributed by atoms with Crippen LogP contribution in [0.1, 0.15) is 6.92 Å². The molecule has 1 heterocycles. The number of hydrogen-bond acceptors (Lipinski definition) is 5. The van der Waals surface area contributed by atoms with Crippen molar-refractivity contribution in [2.24, 2.45) is 0 Å². The Bertz CT molecular complexity index is 517. The molecule has 0 amide bonds. The summed E-state index contributed by atoms with van der Waals surface area (Å²) in [4.78, 5) is 8.34. The molecule has 0 aliphatic carbocycles. The maximum absolute atomic E-state index is 5.61. The highest BCUT2D eigenvalue weighted by molar-refractivity contribution is 5.37.